The Kier molecular flexibility index (Phi) is 3.80. The Hall–Kier alpha value is -1.18. The molecule has 7 heteroatoms. The first-order chi connectivity index (χ1) is 8.84. The molecule has 1 unspecified atom stereocenters. The Morgan fingerprint density at radius 3 is 2.63 bits per heavy atom. The highest BCUT2D eigenvalue weighted by molar-refractivity contribution is 7.89. The van der Waals surface area contributed by atoms with E-state index in [2.05, 4.69) is 0 Å². The zero-order valence-electron chi connectivity index (χ0n) is 11.0. The van der Waals surface area contributed by atoms with E-state index >= 15 is 0 Å². The lowest BCUT2D eigenvalue weighted by atomic mass is 10.2. The third kappa shape index (κ3) is 2.58. The monoisotopic (exact) mass is 287 g/mol. The summed E-state index contributed by atoms with van der Waals surface area (Å²) in [5.74, 6) is -0.800. The van der Waals surface area contributed by atoms with E-state index in [0.717, 1.165) is 6.07 Å². The van der Waals surface area contributed by atoms with Crippen molar-refractivity contribution >= 4 is 15.7 Å². The molecule has 0 spiro atoms. The second-order valence-corrected chi connectivity index (χ2v) is 6.71. The summed E-state index contributed by atoms with van der Waals surface area (Å²) in [6.07, 6.45) is 0. The van der Waals surface area contributed by atoms with Gasteiger partial charge in [-0.1, -0.05) is 6.07 Å². The van der Waals surface area contributed by atoms with E-state index < -0.39 is 20.7 Å². The van der Waals surface area contributed by atoms with Gasteiger partial charge in [-0.15, -0.1) is 0 Å². The molecule has 1 heterocycles. The number of rotatable bonds is 2. The number of anilines is 1. The van der Waals surface area contributed by atoms with Gasteiger partial charge in [0.25, 0.3) is 0 Å². The van der Waals surface area contributed by atoms with Crippen molar-refractivity contribution in [2.75, 3.05) is 32.4 Å². The van der Waals surface area contributed by atoms with Gasteiger partial charge >= 0.3 is 0 Å². The van der Waals surface area contributed by atoms with Gasteiger partial charge in [0.1, 0.15) is 10.7 Å². The van der Waals surface area contributed by atoms with Crippen LogP contribution < -0.4 is 5.73 Å². The van der Waals surface area contributed by atoms with Crippen LogP contribution in [-0.4, -0.2) is 50.3 Å². The Labute approximate surface area is 112 Å². The summed E-state index contributed by atoms with van der Waals surface area (Å²) < 4.78 is 40.2. The number of piperazine rings is 1. The van der Waals surface area contributed by atoms with Crippen molar-refractivity contribution < 1.29 is 12.8 Å². The van der Waals surface area contributed by atoms with Crippen LogP contribution in [0.5, 0.6) is 0 Å². The average molecular weight is 287 g/mol. The minimum Gasteiger partial charge on any atom is -0.398 e. The van der Waals surface area contributed by atoms with Crippen molar-refractivity contribution in [3.63, 3.8) is 0 Å². The van der Waals surface area contributed by atoms with Crippen molar-refractivity contribution in [3.8, 4) is 0 Å². The van der Waals surface area contributed by atoms with Gasteiger partial charge in [-0.2, -0.15) is 4.31 Å². The first-order valence-corrected chi connectivity index (χ1v) is 7.52. The molecule has 0 bridgehead atoms. The molecule has 1 aliphatic rings. The number of nitrogen functional groups attached to an aromatic ring is 1. The van der Waals surface area contributed by atoms with Gasteiger partial charge in [0, 0.05) is 25.7 Å². The van der Waals surface area contributed by atoms with Crippen LogP contribution in [0.3, 0.4) is 0 Å². The van der Waals surface area contributed by atoms with Crippen LogP contribution in [-0.2, 0) is 10.0 Å². The molecule has 1 aromatic carbocycles. The van der Waals surface area contributed by atoms with Crippen LogP contribution in [0.25, 0.3) is 0 Å². The zero-order valence-corrected chi connectivity index (χ0v) is 11.8. The fraction of sp³-hybridized carbons (Fsp3) is 0.500. The van der Waals surface area contributed by atoms with Crippen molar-refractivity contribution in [1.82, 2.24) is 9.21 Å². The first-order valence-electron chi connectivity index (χ1n) is 6.08. The van der Waals surface area contributed by atoms with Crippen molar-refractivity contribution in [2.45, 2.75) is 17.9 Å². The highest BCUT2D eigenvalue weighted by atomic mass is 32.2. The summed E-state index contributed by atoms with van der Waals surface area (Å²) in [6.45, 7) is 3.39. The first kappa shape index (κ1) is 14.2. The third-order valence-corrected chi connectivity index (χ3v) is 5.44. The van der Waals surface area contributed by atoms with E-state index in [1.165, 1.54) is 16.4 Å². The van der Waals surface area contributed by atoms with Gasteiger partial charge < -0.3 is 10.6 Å². The Bertz CT molecular complexity index is 556. The molecule has 2 N–H and O–H groups in total. The van der Waals surface area contributed by atoms with Gasteiger partial charge in [0.2, 0.25) is 10.0 Å². The molecule has 0 aliphatic carbocycles. The maximum Gasteiger partial charge on any atom is 0.248 e. The highest BCUT2D eigenvalue weighted by Gasteiger charge is 2.35. The lowest BCUT2D eigenvalue weighted by Gasteiger charge is -2.37. The predicted molar refractivity (Wildman–Crippen MR) is 71.7 cm³/mol. The molecule has 0 radical (unpaired) electrons. The number of sulfonamides is 1. The van der Waals surface area contributed by atoms with Crippen molar-refractivity contribution in [3.05, 3.63) is 24.0 Å². The van der Waals surface area contributed by atoms with Gasteiger partial charge in [-0.25, -0.2) is 12.8 Å². The number of halogens is 1. The summed E-state index contributed by atoms with van der Waals surface area (Å²) in [5.41, 5.74) is 5.58. The van der Waals surface area contributed by atoms with Crippen LogP contribution in [0.4, 0.5) is 10.1 Å². The number of benzene rings is 1. The van der Waals surface area contributed by atoms with Crippen LogP contribution in [0.2, 0.25) is 0 Å². The van der Waals surface area contributed by atoms with Crippen LogP contribution in [0.1, 0.15) is 6.92 Å². The Balaban J connectivity index is 2.43. The van der Waals surface area contributed by atoms with E-state index in [-0.39, 0.29) is 11.7 Å². The molecule has 5 nitrogen and oxygen atoms in total. The maximum absolute atomic E-state index is 13.8. The van der Waals surface area contributed by atoms with Crippen molar-refractivity contribution in [2.24, 2.45) is 0 Å². The second-order valence-electron chi connectivity index (χ2n) is 4.89. The molecular formula is C12H18FN3O2S. The molecule has 0 aromatic heterocycles. The van der Waals surface area contributed by atoms with Crippen LogP contribution in [0, 0.1) is 5.82 Å². The summed E-state index contributed by atoms with van der Waals surface area (Å²) in [5, 5.41) is 0. The fourth-order valence-electron chi connectivity index (χ4n) is 2.40. The molecule has 106 valence electrons. The van der Waals surface area contributed by atoms with Crippen LogP contribution >= 0.6 is 0 Å². The Morgan fingerprint density at radius 2 is 2.05 bits per heavy atom. The summed E-state index contributed by atoms with van der Waals surface area (Å²) in [7, 11) is -1.96. The predicted octanol–water partition coefficient (Wildman–Crippen LogP) is 0.733. The molecule has 1 atom stereocenters. The summed E-state index contributed by atoms with van der Waals surface area (Å²) >= 11 is 0. The highest BCUT2D eigenvalue weighted by Crippen LogP contribution is 2.27. The van der Waals surface area contributed by atoms with E-state index in [1.54, 1.807) is 0 Å². The summed E-state index contributed by atoms with van der Waals surface area (Å²) in [6, 6.07) is 3.71. The number of nitrogens with zero attached hydrogens (tertiary/aromatic N) is 2. The number of hydrogen-bond acceptors (Lipinski definition) is 4. The standard InChI is InChI=1S/C12H18FN3O2S/c1-9-8-15(2)6-7-16(9)19(17,18)12-10(13)4-3-5-11(12)14/h3-5,9H,6-8,14H2,1-2H3. The van der Waals surface area contributed by atoms with Gasteiger partial charge in [0.05, 0.1) is 5.69 Å². The molecule has 1 fully saturated rings. The SMILES string of the molecule is CC1CN(C)CCN1S(=O)(=O)c1c(N)cccc1F. The average Bonchev–Trinajstić information content (AvgIpc) is 2.27. The van der Waals surface area contributed by atoms with Gasteiger partial charge in [-0.3, -0.25) is 0 Å². The second kappa shape index (κ2) is 5.07. The largest absolute Gasteiger partial charge is 0.398 e. The molecule has 1 aromatic rings. The molecule has 1 saturated heterocycles. The maximum atomic E-state index is 13.8. The quantitative estimate of drug-likeness (QED) is 0.815. The lowest BCUT2D eigenvalue weighted by molar-refractivity contribution is 0.170. The summed E-state index contributed by atoms with van der Waals surface area (Å²) in [4.78, 5) is 1.63. The van der Waals surface area contributed by atoms with Gasteiger partial charge in [-0.05, 0) is 26.1 Å². The van der Waals surface area contributed by atoms with Crippen LogP contribution in [0.15, 0.2) is 23.1 Å². The van der Waals surface area contributed by atoms with E-state index in [9.17, 15) is 12.8 Å². The number of likely N-dealkylation sites (N-methyl/N-ethyl adjacent to an activating group) is 1. The molecule has 0 saturated carbocycles. The minimum absolute atomic E-state index is 0.0499. The molecule has 19 heavy (non-hydrogen) atoms. The number of nitrogens with two attached hydrogens (primary N) is 1. The molecular weight excluding hydrogens is 269 g/mol. The fourth-order valence-corrected chi connectivity index (χ4v) is 4.17. The Morgan fingerprint density at radius 1 is 1.37 bits per heavy atom. The van der Waals surface area contributed by atoms with Gasteiger partial charge in [0.15, 0.2) is 0 Å². The molecule has 0 amide bonds. The minimum atomic E-state index is -3.89. The zero-order chi connectivity index (χ0) is 14.2. The topological polar surface area (TPSA) is 66.6 Å². The third-order valence-electron chi connectivity index (χ3n) is 3.33. The smallest absolute Gasteiger partial charge is 0.248 e. The van der Waals surface area contributed by atoms with E-state index in [1.807, 2.05) is 18.9 Å². The molecule has 2 rings (SSSR count). The van der Waals surface area contributed by atoms with Crippen molar-refractivity contribution in [1.29, 1.82) is 0 Å². The lowest BCUT2D eigenvalue weighted by Crippen LogP contribution is -2.52. The van der Waals surface area contributed by atoms with E-state index in [4.69, 9.17) is 5.73 Å². The molecule has 1 aliphatic heterocycles. The normalized spacial score (nSPS) is 22.6. The van der Waals surface area contributed by atoms with E-state index in [0.29, 0.717) is 19.6 Å². The number of hydrogen-bond donors (Lipinski definition) is 1.